The van der Waals surface area contributed by atoms with E-state index in [4.69, 9.17) is 10.5 Å². The van der Waals surface area contributed by atoms with E-state index >= 15 is 0 Å². The first-order valence-electron chi connectivity index (χ1n) is 11.3. The van der Waals surface area contributed by atoms with Crippen molar-refractivity contribution in [3.05, 3.63) is 66.6 Å². The maximum absolute atomic E-state index is 13.4. The molecule has 8 nitrogen and oxygen atoms in total. The van der Waals surface area contributed by atoms with Crippen molar-refractivity contribution in [3.8, 4) is 17.1 Å². The summed E-state index contributed by atoms with van der Waals surface area (Å²) in [5, 5.41) is 3.14. The smallest absolute Gasteiger partial charge is 0.323 e. The van der Waals surface area contributed by atoms with E-state index in [0.29, 0.717) is 11.8 Å². The normalized spacial score (nSPS) is 18.9. The van der Waals surface area contributed by atoms with E-state index in [1.54, 1.807) is 23.5 Å². The van der Waals surface area contributed by atoms with Gasteiger partial charge in [0.05, 0.1) is 13.2 Å². The Balaban J connectivity index is 1.56. The molecule has 2 heterocycles. The molecule has 0 spiro atoms. The molecule has 1 atom stereocenters. The maximum Gasteiger partial charge on any atom is 0.323 e. The Morgan fingerprint density at radius 1 is 1.00 bits per heavy atom. The standard InChI is InChI=1S/C25H30N6O2/c1-17(18-6-4-3-5-7-18)30-25(32)31(22-11-9-21(26)10-12-22)23-13-8-19(14-27-23)20-15-28-24(33-2)29-16-20/h3-8,13-17,21-22H,9-12,26H2,1-2H3,(H,30,32)/t17?,21-,22-. The van der Waals surface area contributed by atoms with Crippen LogP contribution in [0.1, 0.15) is 44.2 Å². The van der Waals surface area contributed by atoms with E-state index in [2.05, 4.69) is 20.3 Å². The third-order valence-electron chi connectivity index (χ3n) is 6.10. The number of hydrogen-bond acceptors (Lipinski definition) is 6. The monoisotopic (exact) mass is 446 g/mol. The lowest BCUT2D eigenvalue weighted by Gasteiger charge is -2.36. The number of urea groups is 1. The molecule has 2 aromatic heterocycles. The van der Waals surface area contributed by atoms with E-state index in [-0.39, 0.29) is 24.2 Å². The number of nitrogens with two attached hydrogens (primary N) is 1. The first kappa shape index (κ1) is 22.7. The number of methoxy groups -OCH3 is 1. The predicted octanol–water partition coefficient (Wildman–Crippen LogP) is 4.09. The van der Waals surface area contributed by atoms with Crippen LogP contribution in [0.15, 0.2) is 61.1 Å². The zero-order valence-electron chi connectivity index (χ0n) is 19.0. The van der Waals surface area contributed by atoms with Gasteiger partial charge >= 0.3 is 12.0 Å². The lowest BCUT2D eigenvalue weighted by Crippen LogP contribution is -2.49. The van der Waals surface area contributed by atoms with E-state index in [0.717, 1.165) is 42.4 Å². The molecule has 4 rings (SSSR count). The molecule has 2 amide bonds. The Labute approximate surface area is 194 Å². The number of carbonyl (C=O) groups is 1. The van der Waals surface area contributed by atoms with E-state index in [9.17, 15) is 4.79 Å². The molecule has 1 aliphatic rings. The van der Waals surface area contributed by atoms with Crippen LogP contribution >= 0.6 is 0 Å². The van der Waals surface area contributed by atoms with Gasteiger partial charge in [0.15, 0.2) is 0 Å². The van der Waals surface area contributed by atoms with Crippen molar-refractivity contribution in [2.24, 2.45) is 5.73 Å². The van der Waals surface area contributed by atoms with Gasteiger partial charge in [-0.25, -0.2) is 19.7 Å². The number of amides is 2. The van der Waals surface area contributed by atoms with Gasteiger partial charge in [0.2, 0.25) is 0 Å². The highest BCUT2D eigenvalue weighted by Crippen LogP contribution is 2.28. The molecule has 172 valence electrons. The minimum atomic E-state index is -0.153. The number of ether oxygens (including phenoxy) is 1. The highest BCUT2D eigenvalue weighted by atomic mass is 16.5. The van der Waals surface area contributed by atoms with E-state index in [1.807, 2.05) is 49.4 Å². The van der Waals surface area contributed by atoms with Gasteiger partial charge in [-0.15, -0.1) is 0 Å². The van der Waals surface area contributed by atoms with Crippen molar-refractivity contribution < 1.29 is 9.53 Å². The quantitative estimate of drug-likeness (QED) is 0.591. The summed E-state index contributed by atoms with van der Waals surface area (Å²) in [6.45, 7) is 1.99. The highest BCUT2D eigenvalue weighted by molar-refractivity contribution is 5.92. The lowest BCUT2D eigenvalue weighted by atomic mass is 9.91. The third kappa shape index (κ3) is 5.46. The van der Waals surface area contributed by atoms with Crippen LogP contribution in [0.5, 0.6) is 6.01 Å². The molecule has 33 heavy (non-hydrogen) atoms. The van der Waals surface area contributed by atoms with Crippen LogP contribution in [-0.2, 0) is 0 Å². The van der Waals surface area contributed by atoms with Crippen molar-refractivity contribution in [1.29, 1.82) is 0 Å². The zero-order chi connectivity index (χ0) is 23.2. The van der Waals surface area contributed by atoms with Crippen molar-refractivity contribution in [1.82, 2.24) is 20.3 Å². The largest absolute Gasteiger partial charge is 0.467 e. The topological polar surface area (TPSA) is 106 Å². The van der Waals surface area contributed by atoms with Gasteiger partial charge in [-0.2, -0.15) is 0 Å². The van der Waals surface area contributed by atoms with Gasteiger partial charge in [-0.1, -0.05) is 30.3 Å². The molecule has 0 radical (unpaired) electrons. The number of rotatable bonds is 6. The summed E-state index contributed by atoms with van der Waals surface area (Å²) in [6, 6.07) is 14.0. The van der Waals surface area contributed by atoms with Gasteiger partial charge in [-0.3, -0.25) is 4.90 Å². The molecule has 8 heteroatoms. The number of anilines is 1. The second-order valence-electron chi connectivity index (χ2n) is 8.38. The van der Waals surface area contributed by atoms with Gasteiger partial charge in [0, 0.05) is 41.8 Å². The Morgan fingerprint density at radius 3 is 2.27 bits per heavy atom. The number of benzene rings is 1. The maximum atomic E-state index is 13.4. The molecule has 0 saturated heterocycles. The number of hydrogen-bond donors (Lipinski definition) is 2. The lowest BCUT2D eigenvalue weighted by molar-refractivity contribution is 0.237. The van der Waals surface area contributed by atoms with Crippen molar-refractivity contribution >= 4 is 11.8 Å². The summed E-state index contributed by atoms with van der Waals surface area (Å²) in [6.07, 6.45) is 8.62. The van der Waals surface area contributed by atoms with Crippen LogP contribution < -0.4 is 20.7 Å². The molecule has 0 aliphatic heterocycles. The Bertz CT molecular complexity index is 1030. The number of nitrogens with zero attached hydrogens (tertiary/aromatic N) is 4. The molecule has 1 unspecified atom stereocenters. The van der Waals surface area contributed by atoms with Crippen LogP contribution in [0.25, 0.3) is 11.1 Å². The molecular formula is C25H30N6O2. The fraction of sp³-hybridized carbons (Fsp3) is 0.360. The van der Waals surface area contributed by atoms with Gasteiger partial charge in [-0.05, 0) is 50.3 Å². The van der Waals surface area contributed by atoms with Crippen molar-refractivity contribution in [2.75, 3.05) is 12.0 Å². The minimum Gasteiger partial charge on any atom is -0.467 e. The predicted molar refractivity (Wildman–Crippen MR) is 128 cm³/mol. The molecular weight excluding hydrogens is 416 g/mol. The molecule has 1 fully saturated rings. The fourth-order valence-electron chi connectivity index (χ4n) is 4.17. The van der Waals surface area contributed by atoms with Crippen LogP contribution in [0.4, 0.5) is 10.6 Å². The molecule has 3 aromatic rings. The number of nitrogens with one attached hydrogen (secondary N) is 1. The third-order valence-corrected chi connectivity index (χ3v) is 6.10. The Hall–Kier alpha value is -3.52. The summed E-state index contributed by atoms with van der Waals surface area (Å²) < 4.78 is 5.02. The van der Waals surface area contributed by atoms with Crippen LogP contribution in [0.3, 0.4) is 0 Å². The zero-order valence-corrected chi connectivity index (χ0v) is 19.0. The highest BCUT2D eigenvalue weighted by Gasteiger charge is 2.30. The second-order valence-corrected chi connectivity index (χ2v) is 8.38. The van der Waals surface area contributed by atoms with Gasteiger partial charge in [0.25, 0.3) is 0 Å². The van der Waals surface area contributed by atoms with E-state index < -0.39 is 0 Å². The SMILES string of the molecule is COc1ncc(-c2ccc(N(C(=O)NC(C)c3ccccc3)[C@H]3CC[C@H](N)CC3)nc2)cn1. The first-order valence-corrected chi connectivity index (χ1v) is 11.3. The van der Waals surface area contributed by atoms with Crippen LogP contribution in [0, 0.1) is 0 Å². The average Bonchev–Trinajstić information content (AvgIpc) is 2.86. The number of pyridine rings is 1. The Kier molecular flexibility index (Phi) is 7.14. The van der Waals surface area contributed by atoms with Gasteiger partial charge < -0.3 is 15.8 Å². The average molecular weight is 447 g/mol. The van der Waals surface area contributed by atoms with Gasteiger partial charge in [0.1, 0.15) is 5.82 Å². The molecule has 1 aromatic carbocycles. The molecule has 1 saturated carbocycles. The summed E-state index contributed by atoms with van der Waals surface area (Å²) in [5.41, 5.74) is 8.86. The summed E-state index contributed by atoms with van der Waals surface area (Å²) >= 11 is 0. The van der Waals surface area contributed by atoms with Crippen LogP contribution in [0.2, 0.25) is 0 Å². The number of aromatic nitrogens is 3. The second kappa shape index (κ2) is 10.4. The first-order chi connectivity index (χ1) is 16.0. The van der Waals surface area contributed by atoms with Crippen LogP contribution in [-0.4, -0.2) is 40.2 Å². The number of carbonyl (C=O) groups excluding carboxylic acids is 1. The summed E-state index contributed by atoms with van der Waals surface area (Å²) in [5.74, 6) is 0.617. The molecule has 1 aliphatic carbocycles. The van der Waals surface area contributed by atoms with Crippen molar-refractivity contribution in [3.63, 3.8) is 0 Å². The minimum absolute atomic E-state index is 0.0513. The summed E-state index contributed by atoms with van der Waals surface area (Å²) in [7, 11) is 1.53. The molecule has 0 bridgehead atoms. The molecule has 3 N–H and O–H groups in total. The van der Waals surface area contributed by atoms with Crippen molar-refractivity contribution in [2.45, 2.75) is 50.7 Å². The Morgan fingerprint density at radius 2 is 1.67 bits per heavy atom. The summed E-state index contributed by atoms with van der Waals surface area (Å²) in [4.78, 5) is 28.2. The fourth-order valence-corrected chi connectivity index (χ4v) is 4.17. The van der Waals surface area contributed by atoms with E-state index in [1.165, 1.54) is 7.11 Å².